The molecule has 0 unspecified atom stereocenters. The average Bonchev–Trinajstić information content (AvgIpc) is 2.81. The molecule has 7 nitrogen and oxygen atoms in total. The molecule has 0 atom stereocenters. The molecule has 2 rings (SSSR count). The Morgan fingerprint density at radius 1 is 1.55 bits per heavy atom. The SMILES string of the molecule is Cc1ncc(CNc2cccc(C(=O)O)c2[N+](=O)[O-])s1. The number of nitro benzene ring substituents is 1. The van der Waals surface area contributed by atoms with Crippen molar-refractivity contribution >= 4 is 28.7 Å². The minimum absolute atomic E-state index is 0.181. The van der Waals surface area contributed by atoms with Crippen LogP contribution in [0.4, 0.5) is 11.4 Å². The van der Waals surface area contributed by atoms with Crippen LogP contribution in [0.1, 0.15) is 20.2 Å². The third kappa shape index (κ3) is 2.91. The lowest BCUT2D eigenvalue weighted by atomic mass is 10.1. The van der Waals surface area contributed by atoms with Gasteiger partial charge in [-0.3, -0.25) is 10.1 Å². The number of carboxylic acid groups (broad SMARTS) is 1. The van der Waals surface area contributed by atoms with Gasteiger partial charge in [-0.1, -0.05) is 6.07 Å². The first-order chi connectivity index (χ1) is 9.49. The molecule has 2 N–H and O–H groups in total. The van der Waals surface area contributed by atoms with E-state index in [9.17, 15) is 14.9 Å². The highest BCUT2D eigenvalue weighted by atomic mass is 32.1. The maximum Gasteiger partial charge on any atom is 0.342 e. The van der Waals surface area contributed by atoms with E-state index >= 15 is 0 Å². The minimum Gasteiger partial charge on any atom is -0.477 e. The van der Waals surface area contributed by atoms with Gasteiger partial charge in [0.2, 0.25) is 0 Å². The first-order valence-electron chi connectivity index (χ1n) is 5.65. The Balaban J connectivity index is 2.29. The summed E-state index contributed by atoms with van der Waals surface area (Å²) in [5, 5.41) is 23.8. The Bertz CT molecular complexity index is 668. The summed E-state index contributed by atoms with van der Waals surface area (Å²) < 4.78 is 0. The minimum atomic E-state index is -1.33. The predicted octanol–water partition coefficient (Wildman–Crippen LogP) is 2.67. The van der Waals surface area contributed by atoms with E-state index in [0.29, 0.717) is 6.54 Å². The predicted molar refractivity (Wildman–Crippen MR) is 74.2 cm³/mol. The van der Waals surface area contributed by atoms with Gasteiger partial charge in [0.25, 0.3) is 0 Å². The number of para-hydroxylation sites is 1. The van der Waals surface area contributed by atoms with Gasteiger partial charge < -0.3 is 10.4 Å². The molecule has 0 fully saturated rings. The number of nitro groups is 1. The Labute approximate surface area is 118 Å². The monoisotopic (exact) mass is 293 g/mol. The standard InChI is InChI=1S/C12H11N3O4S/c1-7-13-5-8(20-7)6-14-10-4-2-3-9(12(16)17)11(10)15(18)19/h2-5,14H,6H2,1H3,(H,16,17). The molecular formula is C12H11N3O4S. The molecule has 8 heteroatoms. The first kappa shape index (κ1) is 13.9. The number of hydrogen-bond donors (Lipinski definition) is 2. The summed E-state index contributed by atoms with van der Waals surface area (Å²) in [5.41, 5.74) is -0.581. The van der Waals surface area contributed by atoms with E-state index in [0.717, 1.165) is 9.88 Å². The summed E-state index contributed by atoms with van der Waals surface area (Å²) in [7, 11) is 0. The molecule has 0 radical (unpaired) electrons. The van der Waals surface area contributed by atoms with Crippen LogP contribution in [0.2, 0.25) is 0 Å². The van der Waals surface area contributed by atoms with Crippen LogP contribution < -0.4 is 5.32 Å². The molecule has 0 amide bonds. The van der Waals surface area contributed by atoms with Gasteiger partial charge in [-0.25, -0.2) is 9.78 Å². The quantitative estimate of drug-likeness (QED) is 0.648. The molecule has 0 aliphatic rings. The Morgan fingerprint density at radius 2 is 2.30 bits per heavy atom. The highest BCUT2D eigenvalue weighted by Crippen LogP contribution is 2.29. The van der Waals surface area contributed by atoms with Crippen molar-refractivity contribution in [1.82, 2.24) is 4.98 Å². The van der Waals surface area contributed by atoms with Crippen molar-refractivity contribution in [3.63, 3.8) is 0 Å². The van der Waals surface area contributed by atoms with Gasteiger partial charge in [-0.05, 0) is 19.1 Å². The fourth-order valence-corrected chi connectivity index (χ4v) is 2.46. The topological polar surface area (TPSA) is 105 Å². The Hall–Kier alpha value is -2.48. The van der Waals surface area contributed by atoms with Crippen molar-refractivity contribution in [3.8, 4) is 0 Å². The number of nitrogens with zero attached hydrogens (tertiary/aromatic N) is 2. The number of anilines is 1. The molecule has 1 aromatic carbocycles. The number of rotatable bonds is 5. The number of carbonyl (C=O) groups is 1. The van der Waals surface area contributed by atoms with Crippen LogP contribution in [0.25, 0.3) is 0 Å². The van der Waals surface area contributed by atoms with Crippen LogP contribution in [0.15, 0.2) is 24.4 Å². The van der Waals surface area contributed by atoms with E-state index in [1.54, 1.807) is 6.20 Å². The van der Waals surface area contributed by atoms with Gasteiger partial charge in [0.1, 0.15) is 11.3 Å². The van der Waals surface area contributed by atoms with Crippen LogP contribution in [0, 0.1) is 17.0 Å². The largest absolute Gasteiger partial charge is 0.477 e. The lowest BCUT2D eigenvalue weighted by Crippen LogP contribution is -2.07. The maximum atomic E-state index is 11.1. The van der Waals surface area contributed by atoms with Gasteiger partial charge in [-0.2, -0.15) is 0 Å². The molecule has 1 aromatic heterocycles. The van der Waals surface area contributed by atoms with Crippen LogP contribution in [0.3, 0.4) is 0 Å². The highest BCUT2D eigenvalue weighted by Gasteiger charge is 2.23. The number of aryl methyl sites for hydroxylation is 1. The Morgan fingerprint density at radius 3 is 2.85 bits per heavy atom. The summed E-state index contributed by atoms with van der Waals surface area (Å²) in [4.78, 5) is 26.4. The molecule has 20 heavy (non-hydrogen) atoms. The van der Waals surface area contributed by atoms with Crippen molar-refractivity contribution in [2.45, 2.75) is 13.5 Å². The second kappa shape index (κ2) is 5.66. The number of benzene rings is 1. The van der Waals surface area contributed by atoms with Crippen LogP contribution >= 0.6 is 11.3 Å². The Kier molecular flexibility index (Phi) is 3.94. The fourth-order valence-electron chi connectivity index (χ4n) is 1.72. The van der Waals surface area contributed by atoms with Gasteiger partial charge in [-0.15, -0.1) is 11.3 Å². The fraction of sp³-hybridized carbons (Fsp3) is 0.167. The van der Waals surface area contributed by atoms with E-state index in [2.05, 4.69) is 10.3 Å². The van der Waals surface area contributed by atoms with Gasteiger partial charge in [0, 0.05) is 11.1 Å². The van der Waals surface area contributed by atoms with Crippen molar-refractivity contribution in [3.05, 3.63) is 50.0 Å². The normalized spacial score (nSPS) is 10.2. The van der Waals surface area contributed by atoms with Crippen molar-refractivity contribution in [1.29, 1.82) is 0 Å². The second-order valence-corrected chi connectivity index (χ2v) is 5.28. The van der Waals surface area contributed by atoms with E-state index in [-0.39, 0.29) is 11.3 Å². The number of nitrogens with one attached hydrogen (secondary N) is 1. The smallest absolute Gasteiger partial charge is 0.342 e. The van der Waals surface area contributed by atoms with Gasteiger partial charge in [0.05, 0.1) is 16.5 Å². The summed E-state index contributed by atoms with van der Waals surface area (Å²) in [6.45, 7) is 2.22. The summed E-state index contributed by atoms with van der Waals surface area (Å²) >= 11 is 1.47. The molecule has 104 valence electrons. The number of aromatic carboxylic acids is 1. The van der Waals surface area contributed by atoms with Crippen LogP contribution in [-0.4, -0.2) is 21.0 Å². The molecule has 0 spiro atoms. The molecule has 0 saturated heterocycles. The molecule has 0 aliphatic heterocycles. The summed E-state index contributed by atoms with van der Waals surface area (Å²) in [6.07, 6.45) is 1.68. The zero-order chi connectivity index (χ0) is 14.7. The molecular weight excluding hydrogens is 282 g/mol. The summed E-state index contributed by atoms with van der Waals surface area (Å²) in [5.74, 6) is -1.33. The number of carboxylic acids is 1. The zero-order valence-electron chi connectivity index (χ0n) is 10.5. The second-order valence-electron chi connectivity index (χ2n) is 3.96. The van der Waals surface area contributed by atoms with E-state index in [1.807, 2.05) is 6.92 Å². The lowest BCUT2D eigenvalue weighted by molar-refractivity contribution is -0.384. The van der Waals surface area contributed by atoms with Gasteiger partial charge >= 0.3 is 11.7 Å². The third-order valence-corrected chi connectivity index (χ3v) is 3.48. The van der Waals surface area contributed by atoms with E-state index < -0.39 is 16.6 Å². The van der Waals surface area contributed by atoms with E-state index in [1.165, 1.54) is 29.5 Å². The average molecular weight is 293 g/mol. The molecule has 2 aromatic rings. The molecule has 0 saturated carbocycles. The number of thiazole rings is 1. The summed E-state index contributed by atoms with van der Waals surface area (Å²) in [6, 6.07) is 4.16. The molecule has 1 heterocycles. The number of hydrogen-bond acceptors (Lipinski definition) is 6. The number of aromatic nitrogens is 1. The van der Waals surface area contributed by atoms with Crippen molar-refractivity contribution < 1.29 is 14.8 Å². The van der Waals surface area contributed by atoms with Crippen LogP contribution in [-0.2, 0) is 6.54 Å². The first-order valence-corrected chi connectivity index (χ1v) is 6.46. The van der Waals surface area contributed by atoms with Crippen LogP contribution in [0.5, 0.6) is 0 Å². The highest BCUT2D eigenvalue weighted by molar-refractivity contribution is 7.11. The van der Waals surface area contributed by atoms with Crippen molar-refractivity contribution in [2.75, 3.05) is 5.32 Å². The maximum absolute atomic E-state index is 11.1. The lowest BCUT2D eigenvalue weighted by Gasteiger charge is -2.07. The van der Waals surface area contributed by atoms with Gasteiger partial charge in [0.15, 0.2) is 0 Å². The molecule has 0 bridgehead atoms. The van der Waals surface area contributed by atoms with Crippen molar-refractivity contribution in [2.24, 2.45) is 0 Å². The van der Waals surface area contributed by atoms with E-state index in [4.69, 9.17) is 5.11 Å². The zero-order valence-corrected chi connectivity index (χ0v) is 11.3. The third-order valence-electron chi connectivity index (χ3n) is 2.57. The molecule has 0 aliphatic carbocycles.